The molecule has 1 aromatic heterocycles. The number of hydrogen-bond donors (Lipinski definition) is 1. The highest BCUT2D eigenvalue weighted by Crippen LogP contribution is 2.35. The molecule has 8 heteroatoms. The molecule has 4 nitrogen and oxygen atoms in total. The van der Waals surface area contributed by atoms with Crippen LogP contribution in [0.25, 0.3) is 17.1 Å². The summed E-state index contributed by atoms with van der Waals surface area (Å²) in [4.78, 5) is 3.75. The molecular weight excluding hydrogens is 355 g/mol. The molecule has 2 N–H and O–H groups in total. The van der Waals surface area contributed by atoms with E-state index in [2.05, 4.69) is 4.98 Å². The van der Waals surface area contributed by atoms with E-state index in [1.807, 2.05) is 0 Å². The van der Waals surface area contributed by atoms with Gasteiger partial charge in [0, 0.05) is 23.1 Å². The van der Waals surface area contributed by atoms with Crippen molar-refractivity contribution in [2.24, 2.45) is 0 Å². The third kappa shape index (κ3) is 3.41. The zero-order valence-electron chi connectivity index (χ0n) is 13.0. The number of anilines is 1. The summed E-state index contributed by atoms with van der Waals surface area (Å²) in [6.45, 7) is 0. The minimum absolute atomic E-state index is 0.113. The van der Waals surface area contributed by atoms with Gasteiger partial charge in [0.25, 0.3) is 0 Å². The van der Waals surface area contributed by atoms with E-state index in [0.717, 1.165) is 6.20 Å². The number of imidazole rings is 1. The second-order valence-corrected chi connectivity index (χ2v) is 5.67. The standard InChI is InChI=1S/C17H13ClF3N3O/c1-25-14-7-2-10(8-13(14)18)16-23-15(17(19,20)21)9-24(16)12-5-3-11(22)4-6-12/h2-9H,22H2,1H3. The molecule has 0 atom stereocenters. The SMILES string of the molecule is COc1ccc(-c2nc(C(F)(F)F)cn2-c2ccc(N)cc2)cc1Cl. The fourth-order valence-electron chi connectivity index (χ4n) is 2.36. The van der Waals surface area contributed by atoms with Crippen molar-refractivity contribution < 1.29 is 17.9 Å². The average molecular weight is 368 g/mol. The third-order valence-corrected chi connectivity index (χ3v) is 3.87. The maximum absolute atomic E-state index is 13.1. The number of aromatic nitrogens is 2. The lowest BCUT2D eigenvalue weighted by atomic mass is 10.2. The van der Waals surface area contributed by atoms with Crippen LogP contribution in [0.5, 0.6) is 5.75 Å². The summed E-state index contributed by atoms with van der Waals surface area (Å²) in [6.07, 6.45) is -3.62. The Hall–Kier alpha value is -2.67. The van der Waals surface area contributed by atoms with Crippen LogP contribution in [0.3, 0.4) is 0 Å². The van der Waals surface area contributed by atoms with Crippen LogP contribution in [0.4, 0.5) is 18.9 Å². The van der Waals surface area contributed by atoms with E-state index in [0.29, 0.717) is 22.7 Å². The van der Waals surface area contributed by atoms with E-state index < -0.39 is 11.9 Å². The summed E-state index contributed by atoms with van der Waals surface area (Å²) in [5.74, 6) is 0.536. The van der Waals surface area contributed by atoms with Gasteiger partial charge in [0.2, 0.25) is 0 Å². The van der Waals surface area contributed by atoms with Crippen molar-refractivity contribution in [2.45, 2.75) is 6.18 Å². The van der Waals surface area contributed by atoms with Crippen LogP contribution < -0.4 is 10.5 Å². The number of hydrogen-bond acceptors (Lipinski definition) is 3. The van der Waals surface area contributed by atoms with Crippen molar-refractivity contribution in [3.63, 3.8) is 0 Å². The van der Waals surface area contributed by atoms with Gasteiger partial charge in [-0.15, -0.1) is 0 Å². The first-order chi connectivity index (χ1) is 11.8. The molecule has 0 spiro atoms. The van der Waals surface area contributed by atoms with Gasteiger partial charge in [-0.2, -0.15) is 13.2 Å². The molecule has 25 heavy (non-hydrogen) atoms. The van der Waals surface area contributed by atoms with Crippen molar-refractivity contribution in [3.8, 4) is 22.8 Å². The summed E-state index contributed by atoms with van der Waals surface area (Å²) in [6, 6.07) is 11.1. The number of rotatable bonds is 3. The van der Waals surface area contributed by atoms with Crippen LogP contribution in [0.15, 0.2) is 48.7 Å². The Morgan fingerprint density at radius 3 is 2.36 bits per heavy atom. The van der Waals surface area contributed by atoms with Crippen molar-refractivity contribution in [1.82, 2.24) is 9.55 Å². The Bertz CT molecular complexity index is 904. The summed E-state index contributed by atoms with van der Waals surface area (Å²) >= 11 is 6.09. The molecule has 0 aliphatic rings. The Kier molecular flexibility index (Phi) is 4.34. The Morgan fingerprint density at radius 2 is 1.80 bits per heavy atom. The van der Waals surface area contributed by atoms with Gasteiger partial charge < -0.3 is 10.5 Å². The molecule has 3 rings (SSSR count). The van der Waals surface area contributed by atoms with E-state index >= 15 is 0 Å². The Morgan fingerprint density at radius 1 is 1.12 bits per heavy atom. The summed E-state index contributed by atoms with van der Waals surface area (Å²) in [7, 11) is 1.46. The number of benzene rings is 2. The van der Waals surface area contributed by atoms with E-state index in [-0.39, 0.29) is 10.8 Å². The van der Waals surface area contributed by atoms with Crippen molar-refractivity contribution >= 4 is 17.3 Å². The van der Waals surface area contributed by atoms with E-state index in [9.17, 15) is 13.2 Å². The number of alkyl halides is 3. The van der Waals surface area contributed by atoms with Gasteiger partial charge in [0.15, 0.2) is 5.69 Å². The molecule has 0 radical (unpaired) electrons. The van der Waals surface area contributed by atoms with E-state index in [1.54, 1.807) is 36.4 Å². The fourth-order valence-corrected chi connectivity index (χ4v) is 2.62. The Labute approximate surface area is 146 Å². The molecule has 0 unspecified atom stereocenters. The highest BCUT2D eigenvalue weighted by molar-refractivity contribution is 6.32. The molecule has 2 aromatic carbocycles. The van der Waals surface area contributed by atoms with Crippen molar-refractivity contribution in [3.05, 3.63) is 59.4 Å². The second-order valence-electron chi connectivity index (χ2n) is 5.26. The number of ether oxygens (including phenoxy) is 1. The molecule has 0 aliphatic carbocycles. The molecule has 0 amide bonds. The smallest absolute Gasteiger partial charge is 0.434 e. The number of nitrogen functional groups attached to an aromatic ring is 1. The predicted molar refractivity (Wildman–Crippen MR) is 90.0 cm³/mol. The zero-order chi connectivity index (χ0) is 18.2. The minimum Gasteiger partial charge on any atom is -0.495 e. The van der Waals surface area contributed by atoms with Crippen molar-refractivity contribution in [1.29, 1.82) is 0 Å². The summed E-state index contributed by atoms with van der Waals surface area (Å²) in [5.41, 5.74) is 6.09. The first-order valence-corrected chi connectivity index (χ1v) is 7.54. The van der Waals surface area contributed by atoms with Crippen LogP contribution in [-0.4, -0.2) is 16.7 Å². The normalized spacial score (nSPS) is 11.6. The summed E-state index contributed by atoms with van der Waals surface area (Å²) in [5, 5.41) is 0.278. The van der Waals surface area contributed by atoms with Gasteiger partial charge >= 0.3 is 6.18 Å². The molecule has 0 saturated heterocycles. The molecular formula is C17H13ClF3N3O. The molecule has 0 fully saturated rings. The number of nitrogens with two attached hydrogens (primary N) is 1. The van der Waals surface area contributed by atoms with Crippen molar-refractivity contribution in [2.75, 3.05) is 12.8 Å². The molecule has 0 saturated carbocycles. The van der Waals surface area contributed by atoms with Crippen LogP contribution in [0, 0.1) is 0 Å². The quantitative estimate of drug-likeness (QED) is 0.676. The Balaban J connectivity index is 2.19. The minimum atomic E-state index is -4.57. The molecule has 130 valence electrons. The van der Waals surface area contributed by atoms with Gasteiger partial charge in [-0.05, 0) is 42.5 Å². The van der Waals surface area contributed by atoms with Crippen LogP contribution in [-0.2, 0) is 6.18 Å². The topological polar surface area (TPSA) is 53.1 Å². The highest BCUT2D eigenvalue weighted by atomic mass is 35.5. The first kappa shape index (κ1) is 17.2. The number of nitrogens with zero attached hydrogens (tertiary/aromatic N) is 2. The maximum Gasteiger partial charge on any atom is 0.434 e. The monoisotopic (exact) mass is 367 g/mol. The highest BCUT2D eigenvalue weighted by Gasteiger charge is 2.35. The van der Waals surface area contributed by atoms with Crippen LogP contribution >= 0.6 is 11.6 Å². The van der Waals surface area contributed by atoms with Crippen LogP contribution in [0.1, 0.15) is 5.69 Å². The maximum atomic E-state index is 13.1. The first-order valence-electron chi connectivity index (χ1n) is 7.16. The average Bonchev–Trinajstić information content (AvgIpc) is 3.01. The lowest BCUT2D eigenvalue weighted by molar-refractivity contribution is -0.140. The molecule has 0 bridgehead atoms. The fraction of sp³-hybridized carbons (Fsp3) is 0.118. The lowest BCUT2D eigenvalue weighted by Gasteiger charge is -2.10. The lowest BCUT2D eigenvalue weighted by Crippen LogP contribution is -2.05. The van der Waals surface area contributed by atoms with Gasteiger partial charge in [-0.1, -0.05) is 11.6 Å². The van der Waals surface area contributed by atoms with Gasteiger partial charge in [-0.25, -0.2) is 4.98 Å². The predicted octanol–water partition coefficient (Wildman–Crippen LogP) is 4.80. The van der Waals surface area contributed by atoms with E-state index in [4.69, 9.17) is 22.1 Å². The molecule has 0 aliphatic heterocycles. The molecule has 3 aromatic rings. The van der Waals surface area contributed by atoms with Gasteiger partial charge in [0.05, 0.1) is 12.1 Å². The van der Waals surface area contributed by atoms with Crippen LogP contribution in [0.2, 0.25) is 5.02 Å². The third-order valence-electron chi connectivity index (χ3n) is 3.58. The van der Waals surface area contributed by atoms with Gasteiger partial charge in [-0.3, -0.25) is 4.57 Å². The number of methoxy groups -OCH3 is 1. The van der Waals surface area contributed by atoms with Gasteiger partial charge in [0.1, 0.15) is 11.6 Å². The largest absolute Gasteiger partial charge is 0.495 e. The zero-order valence-corrected chi connectivity index (χ0v) is 13.8. The number of halogens is 4. The summed E-state index contributed by atoms with van der Waals surface area (Å²) < 4.78 is 45.8. The molecule has 1 heterocycles. The van der Waals surface area contributed by atoms with E-state index in [1.165, 1.54) is 17.7 Å². The second kappa shape index (κ2) is 6.33.